The Labute approximate surface area is 145 Å². The molecule has 3 rings (SSSR count). The van der Waals surface area contributed by atoms with Crippen LogP contribution in [0.3, 0.4) is 0 Å². The Morgan fingerprint density at radius 3 is 2.79 bits per heavy atom. The third kappa shape index (κ3) is 4.95. The first kappa shape index (κ1) is 17.7. The topological polar surface area (TPSA) is 41.9 Å². The van der Waals surface area contributed by atoms with E-state index in [9.17, 15) is 5.11 Å². The van der Waals surface area contributed by atoms with E-state index in [1.54, 1.807) is 0 Å². The van der Waals surface area contributed by atoms with Gasteiger partial charge in [-0.3, -0.25) is 4.90 Å². The number of ether oxygens (including phenoxy) is 2. The molecule has 1 aliphatic heterocycles. The summed E-state index contributed by atoms with van der Waals surface area (Å²) in [5.41, 5.74) is 0.226. The highest BCUT2D eigenvalue weighted by atomic mass is 16.5. The summed E-state index contributed by atoms with van der Waals surface area (Å²) in [6.07, 6.45) is 7.80. The molecule has 134 valence electrons. The van der Waals surface area contributed by atoms with Crippen LogP contribution in [0, 0.1) is 6.92 Å². The van der Waals surface area contributed by atoms with E-state index in [0.717, 1.165) is 17.9 Å². The van der Waals surface area contributed by atoms with Crippen LogP contribution < -0.4 is 4.74 Å². The minimum absolute atomic E-state index is 0.277. The molecule has 2 fully saturated rings. The van der Waals surface area contributed by atoms with E-state index < -0.39 is 5.60 Å². The number of nitrogens with zero attached hydrogens (tertiary/aromatic N) is 1. The van der Waals surface area contributed by atoms with Gasteiger partial charge in [0.1, 0.15) is 18.0 Å². The normalized spacial score (nSPS) is 27.4. The molecular formula is C20H31NO3. The predicted octanol–water partition coefficient (Wildman–Crippen LogP) is 3.16. The number of aryl methyl sites for hydroxylation is 1. The largest absolute Gasteiger partial charge is 0.490 e. The number of rotatable bonds is 4. The molecule has 1 aromatic carbocycles. The standard InChI is InChI=1S/C20H31NO3/c1-17-7-6-10-19(13-17)24-16-20(22)14-21(11-12-23-15-20)18-8-4-2-3-5-9-18/h6-7,10,13,18,22H,2-5,8-9,11-12,14-16H2,1H3. The maximum absolute atomic E-state index is 11.1. The molecule has 0 aromatic heterocycles. The molecule has 1 unspecified atom stereocenters. The third-order valence-electron chi connectivity index (χ3n) is 5.23. The number of hydrogen-bond acceptors (Lipinski definition) is 4. The summed E-state index contributed by atoms with van der Waals surface area (Å²) in [6.45, 7) is 4.93. The van der Waals surface area contributed by atoms with Crippen LogP contribution in [0.4, 0.5) is 0 Å². The Kier molecular flexibility index (Phi) is 6.14. The lowest BCUT2D eigenvalue weighted by atomic mass is 10.0. The maximum atomic E-state index is 11.1. The highest BCUT2D eigenvalue weighted by molar-refractivity contribution is 5.27. The summed E-state index contributed by atoms with van der Waals surface area (Å²) in [7, 11) is 0. The van der Waals surface area contributed by atoms with E-state index in [1.807, 2.05) is 31.2 Å². The maximum Gasteiger partial charge on any atom is 0.134 e. The van der Waals surface area contributed by atoms with Crippen LogP contribution in [0.2, 0.25) is 0 Å². The molecule has 4 nitrogen and oxygen atoms in total. The SMILES string of the molecule is Cc1cccc(OCC2(O)COCCN(C3CCCCCC3)C2)c1. The molecule has 1 aromatic rings. The first-order valence-electron chi connectivity index (χ1n) is 9.38. The van der Waals surface area contributed by atoms with Crippen LogP contribution in [-0.4, -0.2) is 54.6 Å². The van der Waals surface area contributed by atoms with Crippen LogP contribution >= 0.6 is 0 Å². The highest BCUT2D eigenvalue weighted by Gasteiger charge is 2.36. The number of hydrogen-bond donors (Lipinski definition) is 1. The van der Waals surface area contributed by atoms with E-state index in [2.05, 4.69) is 4.90 Å². The van der Waals surface area contributed by atoms with Crippen LogP contribution in [0.15, 0.2) is 24.3 Å². The van der Waals surface area contributed by atoms with Gasteiger partial charge in [-0.25, -0.2) is 0 Å². The van der Waals surface area contributed by atoms with Gasteiger partial charge in [0, 0.05) is 19.1 Å². The molecule has 0 bridgehead atoms. The summed E-state index contributed by atoms with van der Waals surface area (Å²) >= 11 is 0. The molecule has 1 heterocycles. The third-order valence-corrected chi connectivity index (χ3v) is 5.23. The molecule has 0 spiro atoms. The Balaban J connectivity index is 1.61. The van der Waals surface area contributed by atoms with Crippen molar-refractivity contribution >= 4 is 0 Å². The van der Waals surface area contributed by atoms with Crippen LogP contribution in [0.25, 0.3) is 0 Å². The zero-order valence-electron chi connectivity index (χ0n) is 14.9. The fraction of sp³-hybridized carbons (Fsp3) is 0.700. The fourth-order valence-electron chi connectivity index (χ4n) is 3.89. The van der Waals surface area contributed by atoms with Gasteiger partial charge in [0.2, 0.25) is 0 Å². The zero-order chi connectivity index (χ0) is 16.8. The quantitative estimate of drug-likeness (QED) is 0.860. The molecule has 0 radical (unpaired) electrons. The average molecular weight is 333 g/mol. The van der Waals surface area contributed by atoms with Gasteiger partial charge in [0.15, 0.2) is 0 Å². The minimum Gasteiger partial charge on any atom is -0.490 e. The van der Waals surface area contributed by atoms with Gasteiger partial charge in [0.25, 0.3) is 0 Å². The Bertz CT molecular complexity index is 513. The lowest BCUT2D eigenvalue weighted by Crippen LogP contribution is -2.51. The average Bonchev–Trinajstić information content (AvgIpc) is 2.94. The Morgan fingerprint density at radius 1 is 1.25 bits per heavy atom. The van der Waals surface area contributed by atoms with Crippen molar-refractivity contribution in [3.63, 3.8) is 0 Å². The summed E-state index contributed by atoms with van der Waals surface area (Å²) in [4.78, 5) is 2.44. The van der Waals surface area contributed by atoms with Crippen molar-refractivity contribution < 1.29 is 14.6 Å². The van der Waals surface area contributed by atoms with Gasteiger partial charge >= 0.3 is 0 Å². The highest BCUT2D eigenvalue weighted by Crippen LogP contribution is 2.25. The van der Waals surface area contributed by atoms with Crippen LogP contribution in [-0.2, 0) is 4.74 Å². The second-order valence-corrected chi connectivity index (χ2v) is 7.50. The Hall–Kier alpha value is -1.10. The van der Waals surface area contributed by atoms with E-state index in [-0.39, 0.29) is 6.61 Å². The monoisotopic (exact) mass is 333 g/mol. The van der Waals surface area contributed by atoms with Crippen LogP contribution in [0.5, 0.6) is 5.75 Å². The molecule has 24 heavy (non-hydrogen) atoms. The molecule has 1 saturated carbocycles. The van der Waals surface area contributed by atoms with Gasteiger partial charge in [-0.15, -0.1) is 0 Å². The smallest absolute Gasteiger partial charge is 0.134 e. The van der Waals surface area contributed by atoms with E-state index in [0.29, 0.717) is 25.8 Å². The van der Waals surface area contributed by atoms with Crippen molar-refractivity contribution in [1.29, 1.82) is 0 Å². The van der Waals surface area contributed by atoms with Crippen LogP contribution in [0.1, 0.15) is 44.1 Å². The molecule has 1 N–H and O–H groups in total. The lowest BCUT2D eigenvalue weighted by Gasteiger charge is -2.35. The lowest BCUT2D eigenvalue weighted by molar-refractivity contribution is -0.0675. The zero-order valence-corrected chi connectivity index (χ0v) is 14.9. The molecule has 1 atom stereocenters. The summed E-state index contributed by atoms with van der Waals surface area (Å²) in [5.74, 6) is 0.814. The molecule has 4 heteroatoms. The minimum atomic E-state index is -0.938. The molecular weight excluding hydrogens is 302 g/mol. The Morgan fingerprint density at radius 2 is 2.04 bits per heavy atom. The van der Waals surface area contributed by atoms with E-state index >= 15 is 0 Å². The number of aliphatic hydroxyl groups is 1. The summed E-state index contributed by atoms with van der Waals surface area (Å²) in [6, 6.07) is 8.56. The predicted molar refractivity (Wildman–Crippen MR) is 95.5 cm³/mol. The first-order valence-corrected chi connectivity index (χ1v) is 9.38. The first-order chi connectivity index (χ1) is 11.6. The van der Waals surface area contributed by atoms with Gasteiger partial charge in [-0.2, -0.15) is 0 Å². The van der Waals surface area contributed by atoms with Crippen molar-refractivity contribution in [3.8, 4) is 5.75 Å². The second-order valence-electron chi connectivity index (χ2n) is 7.50. The number of β-amino-alcohol motifs (C(OH)–C–C–N with tert-alkyl or cyclic N) is 1. The van der Waals surface area contributed by atoms with Crippen molar-refractivity contribution in [2.75, 3.05) is 32.9 Å². The van der Waals surface area contributed by atoms with Crippen molar-refractivity contribution in [1.82, 2.24) is 4.90 Å². The van der Waals surface area contributed by atoms with Gasteiger partial charge in [0.05, 0.1) is 13.2 Å². The summed E-state index contributed by atoms with van der Waals surface area (Å²) < 4.78 is 11.6. The van der Waals surface area contributed by atoms with E-state index in [4.69, 9.17) is 9.47 Å². The van der Waals surface area contributed by atoms with Gasteiger partial charge in [-0.1, -0.05) is 37.8 Å². The van der Waals surface area contributed by atoms with Gasteiger partial charge < -0.3 is 14.6 Å². The molecule has 1 aliphatic carbocycles. The summed E-state index contributed by atoms with van der Waals surface area (Å²) in [5, 5.41) is 11.1. The molecule has 2 aliphatic rings. The van der Waals surface area contributed by atoms with Crippen molar-refractivity contribution in [2.24, 2.45) is 0 Å². The van der Waals surface area contributed by atoms with Crippen molar-refractivity contribution in [3.05, 3.63) is 29.8 Å². The fourth-order valence-corrected chi connectivity index (χ4v) is 3.89. The van der Waals surface area contributed by atoms with E-state index in [1.165, 1.54) is 38.5 Å². The van der Waals surface area contributed by atoms with Crippen molar-refractivity contribution in [2.45, 2.75) is 57.1 Å². The number of benzene rings is 1. The second kappa shape index (κ2) is 8.32. The molecule has 0 amide bonds. The molecule has 1 saturated heterocycles. The van der Waals surface area contributed by atoms with Gasteiger partial charge in [-0.05, 0) is 37.5 Å².